The molecule has 124 valence electrons. The molecule has 0 atom stereocenters. The predicted octanol–water partition coefficient (Wildman–Crippen LogP) is 4.54. The highest BCUT2D eigenvalue weighted by atomic mass is 16.5. The third-order valence-corrected chi connectivity index (χ3v) is 3.81. The van der Waals surface area contributed by atoms with Gasteiger partial charge >= 0.3 is 0 Å². The van der Waals surface area contributed by atoms with E-state index in [1.165, 1.54) is 0 Å². The summed E-state index contributed by atoms with van der Waals surface area (Å²) in [5, 5.41) is 8.29. The lowest BCUT2D eigenvalue weighted by Crippen LogP contribution is -1.99. The zero-order chi connectivity index (χ0) is 17.1. The monoisotopic (exact) mass is 324 g/mol. The van der Waals surface area contributed by atoms with Gasteiger partial charge < -0.3 is 13.9 Å². The maximum Gasteiger partial charge on any atom is 0.248 e. The van der Waals surface area contributed by atoms with E-state index in [1.54, 1.807) is 14.2 Å². The van der Waals surface area contributed by atoms with Crippen LogP contribution in [0.4, 0.5) is 0 Å². The fourth-order valence-electron chi connectivity index (χ4n) is 2.67. The number of benzene rings is 2. The molecule has 3 aromatic rings. The number of ether oxygens (including phenoxy) is 2. The van der Waals surface area contributed by atoms with Gasteiger partial charge in [0.05, 0.1) is 14.2 Å². The molecule has 0 amide bonds. The smallest absolute Gasteiger partial charge is 0.248 e. The molecule has 24 heavy (non-hydrogen) atoms. The van der Waals surface area contributed by atoms with Gasteiger partial charge in [-0.1, -0.05) is 32.0 Å². The first-order valence-electron chi connectivity index (χ1n) is 7.79. The van der Waals surface area contributed by atoms with E-state index in [9.17, 15) is 0 Å². The van der Waals surface area contributed by atoms with Gasteiger partial charge in [-0.05, 0) is 30.2 Å². The van der Waals surface area contributed by atoms with Gasteiger partial charge in [0.2, 0.25) is 11.8 Å². The normalized spacial score (nSPS) is 10.9. The lowest BCUT2D eigenvalue weighted by atomic mass is 9.98. The second-order valence-corrected chi connectivity index (χ2v) is 5.73. The van der Waals surface area contributed by atoms with Crippen LogP contribution >= 0.6 is 0 Å². The second kappa shape index (κ2) is 6.74. The summed E-state index contributed by atoms with van der Waals surface area (Å²) in [6.45, 7) is 4.19. The molecular weight excluding hydrogens is 304 g/mol. The first-order valence-corrected chi connectivity index (χ1v) is 7.79. The number of hydrogen-bond acceptors (Lipinski definition) is 5. The molecule has 5 nitrogen and oxygen atoms in total. The molecule has 0 unspecified atom stereocenters. The molecule has 3 rings (SSSR count). The molecule has 0 aliphatic heterocycles. The minimum Gasteiger partial charge on any atom is -0.496 e. The first-order chi connectivity index (χ1) is 11.6. The SMILES string of the molecule is COc1cc(-c2nnc(-c3ccccc3)o2)cc(OC)c1C(C)C. The van der Waals surface area contributed by atoms with Gasteiger partial charge in [0.1, 0.15) is 11.5 Å². The molecule has 0 bridgehead atoms. The molecule has 2 aromatic carbocycles. The number of rotatable bonds is 5. The quantitative estimate of drug-likeness (QED) is 0.689. The molecule has 0 N–H and O–H groups in total. The molecule has 0 spiro atoms. The van der Waals surface area contributed by atoms with E-state index >= 15 is 0 Å². The predicted molar refractivity (Wildman–Crippen MR) is 92.4 cm³/mol. The topological polar surface area (TPSA) is 57.4 Å². The van der Waals surface area contributed by atoms with E-state index < -0.39 is 0 Å². The van der Waals surface area contributed by atoms with Crippen molar-refractivity contribution in [2.75, 3.05) is 14.2 Å². The van der Waals surface area contributed by atoms with E-state index in [4.69, 9.17) is 13.9 Å². The molecule has 0 saturated carbocycles. The third-order valence-electron chi connectivity index (χ3n) is 3.81. The van der Waals surface area contributed by atoms with Crippen LogP contribution in [0.3, 0.4) is 0 Å². The summed E-state index contributed by atoms with van der Waals surface area (Å²) in [6.07, 6.45) is 0. The first kappa shape index (κ1) is 16.1. The zero-order valence-electron chi connectivity index (χ0n) is 14.2. The van der Waals surface area contributed by atoms with E-state index in [0.29, 0.717) is 11.8 Å². The number of methoxy groups -OCH3 is 2. The van der Waals surface area contributed by atoms with Gasteiger partial charge in [-0.15, -0.1) is 10.2 Å². The molecule has 0 saturated heterocycles. The van der Waals surface area contributed by atoms with Crippen LogP contribution < -0.4 is 9.47 Å². The van der Waals surface area contributed by atoms with Gasteiger partial charge in [0.25, 0.3) is 0 Å². The van der Waals surface area contributed by atoms with Crippen LogP contribution in [0.5, 0.6) is 11.5 Å². The number of hydrogen-bond donors (Lipinski definition) is 0. The van der Waals surface area contributed by atoms with Crippen LogP contribution in [0, 0.1) is 0 Å². The molecule has 1 aromatic heterocycles. The van der Waals surface area contributed by atoms with Crippen LogP contribution in [0.15, 0.2) is 46.9 Å². The van der Waals surface area contributed by atoms with E-state index in [1.807, 2.05) is 42.5 Å². The van der Waals surface area contributed by atoms with Gasteiger partial charge in [0.15, 0.2) is 0 Å². The average molecular weight is 324 g/mol. The fraction of sp³-hybridized carbons (Fsp3) is 0.263. The summed E-state index contributed by atoms with van der Waals surface area (Å²) in [5.41, 5.74) is 2.67. The average Bonchev–Trinajstić information content (AvgIpc) is 3.11. The number of aromatic nitrogens is 2. The molecule has 0 aliphatic carbocycles. The van der Waals surface area contributed by atoms with E-state index in [0.717, 1.165) is 28.2 Å². The number of nitrogens with zero attached hydrogens (tertiary/aromatic N) is 2. The minimum absolute atomic E-state index is 0.270. The minimum atomic E-state index is 0.270. The standard InChI is InChI=1S/C19H20N2O3/c1-12(2)17-15(22-3)10-14(11-16(17)23-4)19-21-20-18(24-19)13-8-6-5-7-9-13/h5-12H,1-4H3. The highest BCUT2D eigenvalue weighted by molar-refractivity contribution is 5.64. The Balaban J connectivity index is 2.06. The summed E-state index contributed by atoms with van der Waals surface area (Å²) in [4.78, 5) is 0. The van der Waals surface area contributed by atoms with Crippen molar-refractivity contribution in [2.45, 2.75) is 19.8 Å². The van der Waals surface area contributed by atoms with Crippen molar-refractivity contribution in [3.8, 4) is 34.4 Å². The van der Waals surface area contributed by atoms with Crippen molar-refractivity contribution < 1.29 is 13.9 Å². The van der Waals surface area contributed by atoms with E-state index in [2.05, 4.69) is 24.0 Å². The van der Waals surface area contributed by atoms with Gasteiger partial charge in [0, 0.05) is 16.7 Å². The summed E-state index contributed by atoms with van der Waals surface area (Å²) < 4.78 is 16.9. The van der Waals surface area contributed by atoms with Crippen LogP contribution in [0.25, 0.3) is 22.9 Å². The molecule has 5 heteroatoms. The van der Waals surface area contributed by atoms with Crippen LogP contribution in [-0.4, -0.2) is 24.4 Å². The summed E-state index contributed by atoms with van der Waals surface area (Å²) in [7, 11) is 3.29. The van der Waals surface area contributed by atoms with Gasteiger partial charge in [-0.3, -0.25) is 0 Å². The molecule has 1 heterocycles. The third kappa shape index (κ3) is 2.97. The molecule has 0 fully saturated rings. The Bertz CT molecular complexity index is 801. The lowest BCUT2D eigenvalue weighted by Gasteiger charge is -2.17. The Morgan fingerprint density at radius 3 is 1.88 bits per heavy atom. The largest absolute Gasteiger partial charge is 0.496 e. The molecular formula is C19H20N2O3. The van der Waals surface area contributed by atoms with Gasteiger partial charge in [-0.25, -0.2) is 0 Å². The maximum absolute atomic E-state index is 5.82. The summed E-state index contributed by atoms with van der Waals surface area (Å²) >= 11 is 0. The van der Waals surface area contributed by atoms with Crippen LogP contribution in [0.1, 0.15) is 25.3 Å². The highest BCUT2D eigenvalue weighted by Gasteiger charge is 2.19. The van der Waals surface area contributed by atoms with Crippen molar-refractivity contribution in [1.29, 1.82) is 0 Å². The Morgan fingerprint density at radius 1 is 0.833 bits per heavy atom. The lowest BCUT2D eigenvalue weighted by molar-refractivity contribution is 0.382. The Hall–Kier alpha value is -2.82. The van der Waals surface area contributed by atoms with Gasteiger partial charge in [-0.2, -0.15) is 0 Å². The van der Waals surface area contributed by atoms with Crippen molar-refractivity contribution in [3.63, 3.8) is 0 Å². The van der Waals surface area contributed by atoms with Crippen molar-refractivity contribution >= 4 is 0 Å². The van der Waals surface area contributed by atoms with Crippen LogP contribution in [-0.2, 0) is 0 Å². The summed E-state index contributed by atoms with van der Waals surface area (Å²) in [5.74, 6) is 2.68. The maximum atomic E-state index is 5.82. The molecule has 0 radical (unpaired) electrons. The van der Waals surface area contributed by atoms with Crippen molar-refractivity contribution in [3.05, 3.63) is 48.0 Å². The summed E-state index contributed by atoms with van der Waals surface area (Å²) in [6, 6.07) is 13.5. The Labute approximate surface area is 141 Å². The van der Waals surface area contributed by atoms with Crippen LogP contribution in [0.2, 0.25) is 0 Å². The zero-order valence-corrected chi connectivity index (χ0v) is 14.2. The second-order valence-electron chi connectivity index (χ2n) is 5.73. The highest BCUT2D eigenvalue weighted by Crippen LogP contribution is 2.39. The molecule has 0 aliphatic rings. The Kier molecular flexibility index (Phi) is 4.51. The Morgan fingerprint density at radius 2 is 1.38 bits per heavy atom. The van der Waals surface area contributed by atoms with Crippen molar-refractivity contribution in [2.24, 2.45) is 0 Å². The van der Waals surface area contributed by atoms with E-state index in [-0.39, 0.29) is 5.92 Å². The fourth-order valence-corrected chi connectivity index (χ4v) is 2.67. The van der Waals surface area contributed by atoms with Crippen molar-refractivity contribution in [1.82, 2.24) is 10.2 Å².